The van der Waals surface area contributed by atoms with Crippen molar-refractivity contribution in [3.8, 4) is 0 Å². The second-order valence-electron chi connectivity index (χ2n) is 3.47. The van der Waals surface area contributed by atoms with Crippen LogP contribution in [0.1, 0.15) is 37.4 Å². The molecule has 0 aromatic heterocycles. The van der Waals surface area contributed by atoms with E-state index in [9.17, 15) is 9.59 Å². The lowest BCUT2D eigenvalue weighted by Gasteiger charge is -2.11. The molecule has 0 heterocycles. The third kappa shape index (κ3) is 1.82. The van der Waals surface area contributed by atoms with E-state index in [-0.39, 0.29) is 11.1 Å². The summed E-state index contributed by atoms with van der Waals surface area (Å²) in [6.45, 7) is 6.67. The summed E-state index contributed by atoms with van der Waals surface area (Å²) in [7, 11) is 0. The number of aryl methyl sites for hydroxylation is 1. The van der Waals surface area contributed by atoms with Crippen LogP contribution in [0.3, 0.4) is 0 Å². The van der Waals surface area contributed by atoms with Crippen LogP contribution in [-0.2, 0) is 0 Å². The van der Waals surface area contributed by atoms with E-state index in [4.69, 9.17) is 10.2 Å². The molecule has 0 saturated heterocycles. The Bertz CT molecular complexity index is 486. The zero-order valence-electron chi connectivity index (χ0n) is 9.07. The van der Waals surface area contributed by atoms with Crippen LogP contribution in [0.2, 0.25) is 0 Å². The molecule has 4 heteroatoms. The first kappa shape index (κ1) is 12.0. The van der Waals surface area contributed by atoms with Crippen molar-refractivity contribution < 1.29 is 19.8 Å². The summed E-state index contributed by atoms with van der Waals surface area (Å²) in [5.74, 6) is -2.15. The molecule has 0 bridgehead atoms. The minimum Gasteiger partial charge on any atom is -0.478 e. The highest BCUT2D eigenvalue weighted by Crippen LogP contribution is 2.23. The molecule has 0 aliphatic heterocycles. The van der Waals surface area contributed by atoms with Crippen molar-refractivity contribution in [2.45, 2.75) is 13.8 Å². The number of benzene rings is 1. The van der Waals surface area contributed by atoms with Gasteiger partial charge >= 0.3 is 11.9 Å². The second-order valence-corrected chi connectivity index (χ2v) is 3.47. The fraction of sp³-hybridized carbons (Fsp3) is 0.167. The highest BCUT2D eigenvalue weighted by Gasteiger charge is 2.19. The highest BCUT2D eigenvalue weighted by atomic mass is 16.4. The molecule has 1 rings (SSSR count). The fourth-order valence-corrected chi connectivity index (χ4v) is 1.77. The molecule has 4 nitrogen and oxygen atoms in total. The number of hydrogen-bond donors (Lipinski definition) is 2. The predicted octanol–water partition coefficient (Wildman–Crippen LogP) is 2.34. The van der Waals surface area contributed by atoms with Gasteiger partial charge in [-0.05, 0) is 36.6 Å². The van der Waals surface area contributed by atoms with E-state index in [1.807, 2.05) is 0 Å². The molecule has 0 spiro atoms. The largest absolute Gasteiger partial charge is 0.478 e. The average Bonchev–Trinajstić information content (AvgIpc) is 2.16. The van der Waals surface area contributed by atoms with Gasteiger partial charge in [0.05, 0.1) is 11.1 Å². The van der Waals surface area contributed by atoms with Gasteiger partial charge in [0.25, 0.3) is 0 Å². The van der Waals surface area contributed by atoms with Gasteiger partial charge in [-0.3, -0.25) is 0 Å². The molecule has 0 atom stereocenters. The minimum absolute atomic E-state index is 0.0787. The van der Waals surface area contributed by atoms with Gasteiger partial charge < -0.3 is 10.2 Å². The van der Waals surface area contributed by atoms with E-state index in [2.05, 4.69) is 6.58 Å². The summed E-state index contributed by atoms with van der Waals surface area (Å²) in [4.78, 5) is 22.0. The maximum atomic E-state index is 11.0. The molecule has 0 aliphatic carbocycles. The summed E-state index contributed by atoms with van der Waals surface area (Å²) in [5.41, 5.74) is 1.44. The van der Waals surface area contributed by atoms with E-state index in [1.165, 1.54) is 12.1 Å². The number of carboxylic acid groups (broad SMARTS) is 2. The van der Waals surface area contributed by atoms with Gasteiger partial charge in [0.1, 0.15) is 0 Å². The van der Waals surface area contributed by atoms with Crippen molar-refractivity contribution in [3.63, 3.8) is 0 Å². The molecule has 16 heavy (non-hydrogen) atoms. The molecule has 0 amide bonds. The zero-order chi connectivity index (χ0) is 12.5. The molecular weight excluding hydrogens is 208 g/mol. The molecule has 0 aliphatic rings. The molecule has 2 N–H and O–H groups in total. The predicted molar refractivity (Wildman–Crippen MR) is 59.9 cm³/mol. The standard InChI is InChI=1S/C12H12O4/c1-4-8-7(3)10(12(15)16)6(2)5-9(8)11(13)14/h4-5H,1H2,2-3H3,(H,13,14)(H,15,16). The molecule has 0 unspecified atom stereocenters. The smallest absolute Gasteiger partial charge is 0.336 e. The SMILES string of the molecule is C=Cc1c(C(=O)O)cc(C)c(C(=O)O)c1C. The van der Waals surface area contributed by atoms with Crippen LogP contribution in [0, 0.1) is 13.8 Å². The summed E-state index contributed by atoms with van der Waals surface area (Å²) < 4.78 is 0. The van der Waals surface area contributed by atoms with Crippen LogP contribution in [0.15, 0.2) is 12.6 Å². The topological polar surface area (TPSA) is 74.6 Å². The van der Waals surface area contributed by atoms with Crippen molar-refractivity contribution in [2.75, 3.05) is 0 Å². The van der Waals surface area contributed by atoms with Crippen LogP contribution in [0.25, 0.3) is 6.08 Å². The van der Waals surface area contributed by atoms with Gasteiger partial charge in [-0.1, -0.05) is 12.7 Å². The number of carboxylic acids is 2. The summed E-state index contributed by atoms with van der Waals surface area (Å²) >= 11 is 0. The third-order valence-electron chi connectivity index (χ3n) is 2.47. The Morgan fingerprint density at radius 1 is 1.25 bits per heavy atom. The van der Waals surface area contributed by atoms with Gasteiger partial charge in [0.15, 0.2) is 0 Å². The highest BCUT2D eigenvalue weighted by molar-refractivity contribution is 5.98. The van der Waals surface area contributed by atoms with Crippen LogP contribution in [-0.4, -0.2) is 22.2 Å². The van der Waals surface area contributed by atoms with E-state index >= 15 is 0 Å². The van der Waals surface area contributed by atoms with E-state index in [1.54, 1.807) is 13.8 Å². The zero-order valence-corrected chi connectivity index (χ0v) is 9.07. The van der Waals surface area contributed by atoms with Gasteiger partial charge in [-0.15, -0.1) is 0 Å². The van der Waals surface area contributed by atoms with Crippen LogP contribution >= 0.6 is 0 Å². The molecule has 84 valence electrons. The Kier molecular flexibility index (Phi) is 3.13. The Labute approximate surface area is 92.8 Å². The van der Waals surface area contributed by atoms with Crippen LogP contribution < -0.4 is 0 Å². The van der Waals surface area contributed by atoms with Crippen LogP contribution in [0.4, 0.5) is 0 Å². The number of hydrogen-bond acceptors (Lipinski definition) is 2. The normalized spacial score (nSPS) is 9.88. The first-order valence-electron chi connectivity index (χ1n) is 4.63. The molecule has 0 fully saturated rings. The van der Waals surface area contributed by atoms with Crippen molar-refractivity contribution in [1.29, 1.82) is 0 Å². The fourth-order valence-electron chi connectivity index (χ4n) is 1.77. The number of rotatable bonds is 3. The second kappa shape index (κ2) is 4.18. The lowest BCUT2D eigenvalue weighted by Crippen LogP contribution is -2.09. The van der Waals surface area contributed by atoms with Crippen LogP contribution in [0.5, 0.6) is 0 Å². The maximum Gasteiger partial charge on any atom is 0.336 e. The Morgan fingerprint density at radius 2 is 1.81 bits per heavy atom. The molecule has 0 saturated carbocycles. The summed E-state index contributed by atoms with van der Waals surface area (Å²) in [5, 5.41) is 18.0. The minimum atomic E-state index is -1.09. The van der Waals surface area contributed by atoms with Crippen molar-refractivity contribution in [2.24, 2.45) is 0 Å². The maximum absolute atomic E-state index is 11.0. The number of carbonyl (C=O) groups is 2. The van der Waals surface area contributed by atoms with E-state index in [0.717, 1.165) is 0 Å². The lowest BCUT2D eigenvalue weighted by molar-refractivity contribution is 0.0679. The number of aromatic carboxylic acids is 2. The lowest BCUT2D eigenvalue weighted by atomic mass is 9.93. The average molecular weight is 220 g/mol. The summed E-state index contributed by atoms with van der Waals surface area (Å²) in [6, 6.07) is 1.36. The first-order valence-corrected chi connectivity index (χ1v) is 4.63. The van der Waals surface area contributed by atoms with Gasteiger partial charge in [-0.2, -0.15) is 0 Å². The van der Waals surface area contributed by atoms with Crippen molar-refractivity contribution >= 4 is 18.0 Å². The molecular formula is C12H12O4. The van der Waals surface area contributed by atoms with Gasteiger partial charge in [0.2, 0.25) is 0 Å². The van der Waals surface area contributed by atoms with E-state index in [0.29, 0.717) is 16.7 Å². The van der Waals surface area contributed by atoms with Gasteiger partial charge in [-0.25, -0.2) is 9.59 Å². The first-order chi connectivity index (χ1) is 7.40. The quantitative estimate of drug-likeness (QED) is 0.819. The summed E-state index contributed by atoms with van der Waals surface area (Å²) in [6.07, 6.45) is 1.37. The van der Waals surface area contributed by atoms with Gasteiger partial charge in [0, 0.05) is 0 Å². The molecule has 1 aromatic rings. The van der Waals surface area contributed by atoms with E-state index < -0.39 is 11.9 Å². The monoisotopic (exact) mass is 220 g/mol. The molecule has 1 aromatic carbocycles. The Balaban J connectivity index is 3.69. The Morgan fingerprint density at radius 3 is 2.19 bits per heavy atom. The van der Waals surface area contributed by atoms with Crippen molar-refractivity contribution in [1.82, 2.24) is 0 Å². The van der Waals surface area contributed by atoms with Crippen molar-refractivity contribution in [3.05, 3.63) is 40.5 Å². The molecule has 0 radical (unpaired) electrons. The Hall–Kier alpha value is -2.10. The third-order valence-corrected chi connectivity index (χ3v) is 2.47.